The number of likely N-dealkylation sites (tertiary alicyclic amines) is 1. The summed E-state index contributed by atoms with van der Waals surface area (Å²) < 4.78 is 11.1. The van der Waals surface area contributed by atoms with Crippen molar-refractivity contribution in [3.63, 3.8) is 0 Å². The van der Waals surface area contributed by atoms with Crippen molar-refractivity contribution in [3.05, 3.63) is 34.9 Å². The molecule has 2 aliphatic heterocycles. The maximum absolute atomic E-state index is 6.09. The normalized spacial score (nSPS) is 25.5. The van der Waals surface area contributed by atoms with Gasteiger partial charge in [-0.1, -0.05) is 23.7 Å². The van der Waals surface area contributed by atoms with E-state index in [-0.39, 0.29) is 0 Å². The van der Waals surface area contributed by atoms with E-state index in [9.17, 15) is 0 Å². The summed E-state index contributed by atoms with van der Waals surface area (Å²) in [6, 6.07) is 8.22. The molecule has 1 atom stereocenters. The van der Waals surface area contributed by atoms with Gasteiger partial charge in [0.1, 0.15) is 0 Å². The molecule has 0 saturated carbocycles. The molecule has 3 rings (SSSR count). The molecule has 2 aliphatic rings. The van der Waals surface area contributed by atoms with Crippen molar-refractivity contribution in [2.75, 3.05) is 40.0 Å². The molecule has 122 valence electrons. The SMILES string of the molecule is COC[C@@H]1COCCC12CCN(Cc1cccc(Cl)c1)CC2. The van der Waals surface area contributed by atoms with E-state index in [0.717, 1.165) is 44.5 Å². The zero-order valence-corrected chi connectivity index (χ0v) is 14.1. The number of hydrogen-bond donors (Lipinski definition) is 0. The molecule has 3 nitrogen and oxygen atoms in total. The highest BCUT2D eigenvalue weighted by Crippen LogP contribution is 2.44. The van der Waals surface area contributed by atoms with Crippen LogP contribution in [0.4, 0.5) is 0 Å². The Labute approximate surface area is 138 Å². The summed E-state index contributed by atoms with van der Waals surface area (Å²) in [6.45, 7) is 5.92. The second kappa shape index (κ2) is 7.31. The zero-order chi connectivity index (χ0) is 15.4. The molecule has 0 N–H and O–H groups in total. The molecule has 4 heteroatoms. The zero-order valence-electron chi connectivity index (χ0n) is 13.4. The third-order valence-corrected chi connectivity index (χ3v) is 5.68. The molecule has 0 bridgehead atoms. The molecule has 0 radical (unpaired) electrons. The van der Waals surface area contributed by atoms with Gasteiger partial charge in [-0.25, -0.2) is 0 Å². The Kier molecular flexibility index (Phi) is 5.40. The van der Waals surface area contributed by atoms with Gasteiger partial charge in [-0.3, -0.25) is 4.90 Å². The van der Waals surface area contributed by atoms with Crippen molar-refractivity contribution in [2.45, 2.75) is 25.8 Å². The second-order valence-electron chi connectivity index (χ2n) is 6.75. The molecular weight excluding hydrogens is 298 g/mol. The fourth-order valence-corrected chi connectivity index (χ4v) is 4.23. The van der Waals surface area contributed by atoms with E-state index in [1.54, 1.807) is 7.11 Å². The summed E-state index contributed by atoms with van der Waals surface area (Å²) in [4.78, 5) is 2.55. The van der Waals surface area contributed by atoms with Gasteiger partial charge in [0, 0.05) is 31.2 Å². The Morgan fingerprint density at radius 1 is 1.32 bits per heavy atom. The molecule has 0 aromatic heterocycles. The Hall–Kier alpha value is -0.610. The van der Waals surface area contributed by atoms with Gasteiger partial charge in [0.05, 0.1) is 13.2 Å². The van der Waals surface area contributed by atoms with Crippen molar-refractivity contribution < 1.29 is 9.47 Å². The molecule has 2 fully saturated rings. The lowest BCUT2D eigenvalue weighted by atomic mass is 9.66. The van der Waals surface area contributed by atoms with Crippen LogP contribution in [0, 0.1) is 11.3 Å². The quantitative estimate of drug-likeness (QED) is 0.845. The van der Waals surface area contributed by atoms with Crippen molar-refractivity contribution in [3.8, 4) is 0 Å². The van der Waals surface area contributed by atoms with Crippen molar-refractivity contribution >= 4 is 11.6 Å². The molecule has 2 heterocycles. The van der Waals surface area contributed by atoms with E-state index < -0.39 is 0 Å². The molecule has 1 aromatic rings. The van der Waals surface area contributed by atoms with Crippen LogP contribution in [0.1, 0.15) is 24.8 Å². The van der Waals surface area contributed by atoms with Crippen LogP contribution in [0.3, 0.4) is 0 Å². The topological polar surface area (TPSA) is 21.7 Å². The fourth-order valence-electron chi connectivity index (χ4n) is 4.02. The van der Waals surface area contributed by atoms with Gasteiger partial charge < -0.3 is 9.47 Å². The van der Waals surface area contributed by atoms with E-state index in [0.29, 0.717) is 11.3 Å². The molecular formula is C18H26ClNO2. The second-order valence-corrected chi connectivity index (χ2v) is 7.18. The van der Waals surface area contributed by atoms with Crippen molar-refractivity contribution in [2.24, 2.45) is 11.3 Å². The van der Waals surface area contributed by atoms with Gasteiger partial charge in [0.2, 0.25) is 0 Å². The lowest BCUT2D eigenvalue weighted by Crippen LogP contribution is -2.49. The highest BCUT2D eigenvalue weighted by Gasteiger charge is 2.43. The van der Waals surface area contributed by atoms with Gasteiger partial charge in [-0.05, 0) is 55.5 Å². The first kappa shape index (κ1) is 16.3. The van der Waals surface area contributed by atoms with Crippen LogP contribution >= 0.6 is 11.6 Å². The van der Waals surface area contributed by atoms with Crippen LogP contribution in [-0.2, 0) is 16.0 Å². The van der Waals surface area contributed by atoms with Crippen LogP contribution < -0.4 is 0 Å². The number of benzene rings is 1. The third kappa shape index (κ3) is 3.65. The monoisotopic (exact) mass is 323 g/mol. The predicted octanol–water partition coefficient (Wildman–Crippen LogP) is 3.61. The summed E-state index contributed by atoms with van der Waals surface area (Å²) in [5, 5.41) is 0.829. The smallest absolute Gasteiger partial charge is 0.0521 e. The van der Waals surface area contributed by atoms with Crippen LogP contribution in [0.15, 0.2) is 24.3 Å². The Balaban J connectivity index is 1.59. The summed E-state index contributed by atoms with van der Waals surface area (Å²) >= 11 is 6.09. The molecule has 1 aromatic carbocycles. The Morgan fingerprint density at radius 3 is 2.86 bits per heavy atom. The Bertz CT molecular complexity index is 484. The average Bonchev–Trinajstić information content (AvgIpc) is 2.52. The average molecular weight is 324 g/mol. The lowest BCUT2D eigenvalue weighted by molar-refractivity contribution is -0.0951. The predicted molar refractivity (Wildman–Crippen MR) is 89.2 cm³/mol. The number of halogens is 1. The molecule has 0 aliphatic carbocycles. The molecule has 2 saturated heterocycles. The first-order valence-electron chi connectivity index (χ1n) is 8.25. The minimum Gasteiger partial charge on any atom is -0.384 e. The van der Waals surface area contributed by atoms with Crippen LogP contribution in [0.2, 0.25) is 5.02 Å². The Morgan fingerprint density at radius 2 is 2.14 bits per heavy atom. The van der Waals surface area contributed by atoms with E-state index in [2.05, 4.69) is 17.0 Å². The maximum Gasteiger partial charge on any atom is 0.0521 e. The minimum absolute atomic E-state index is 0.430. The first-order valence-corrected chi connectivity index (χ1v) is 8.63. The summed E-state index contributed by atoms with van der Waals surface area (Å²) in [5.41, 5.74) is 1.74. The molecule has 22 heavy (non-hydrogen) atoms. The van der Waals surface area contributed by atoms with Crippen LogP contribution in [0.25, 0.3) is 0 Å². The number of rotatable bonds is 4. The van der Waals surface area contributed by atoms with E-state index in [1.165, 1.54) is 24.8 Å². The number of piperidine rings is 1. The molecule has 0 amide bonds. The van der Waals surface area contributed by atoms with E-state index >= 15 is 0 Å². The lowest BCUT2D eigenvalue weighted by Gasteiger charge is -2.49. The van der Waals surface area contributed by atoms with Crippen molar-refractivity contribution in [1.82, 2.24) is 4.90 Å². The van der Waals surface area contributed by atoms with Gasteiger partial charge in [-0.15, -0.1) is 0 Å². The standard InChI is InChI=1S/C18H26ClNO2/c1-21-13-16-14-22-10-7-18(16)5-8-20(9-6-18)12-15-3-2-4-17(19)11-15/h2-4,11,16H,5-10,12-14H2,1H3/t16-/m1/s1. The number of nitrogens with zero attached hydrogens (tertiary/aromatic N) is 1. The van der Waals surface area contributed by atoms with Gasteiger partial charge >= 0.3 is 0 Å². The number of methoxy groups -OCH3 is 1. The minimum atomic E-state index is 0.430. The fraction of sp³-hybridized carbons (Fsp3) is 0.667. The van der Waals surface area contributed by atoms with Gasteiger partial charge in [0.25, 0.3) is 0 Å². The van der Waals surface area contributed by atoms with Gasteiger partial charge in [0.15, 0.2) is 0 Å². The third-order valence-electron chi connectivity index (χ3n) is 5.44. The molecule has 0 unspecified atom stereocenters. The summed E-state index contributed by atoms with van der Waals surface area (Å²) in [5.74, 6) is 0.555. The highest BCUT2D eigenvalue weighted by molar-refractivity contribution is 6.30. The summed E-state index contributed by atoms with van der Waals surface area (Å²) in [7, 11) is 1.80. The number of hydrogen-bond acceptors (Lipinski definition) is 3. The largest absolute Gasteiger partial charge is 0.384 e. The maximum atomic E-state index is 6.09. The summed E-state index contributed by atoms with van der Waals surface area (Å²) in [6.07, 6.45) is 3.70. The number of ether oxygens (including phenoxy) is 2. The van der Waals surface area contributed by atoms with Crippen LogP contribution in [-0.4, -0.2) is 44.9 Å². The first-order chi connectivity index (χ1) is 10.7. The van der Waals surface area contributed by atoms with E-state index in [4.69, 9.17) is 21.1 Å². The van der Waals surface area contributed by atoms with E-state index in [1.807, 2.05) is 12.1 Å². The highest BCUT2D eigenvalue weighted by atomic mass is 35.5. The molecule has 1 spiro atoms. The van der Waals surface area contributed by atoms with Crippen LogP contribution in [0.5, 0.6) is 0 Å². The van der Waals surface area contributed by atoms with Crippen molar-refractivity contribution in [1.29, 1.82) is 0 Å². The van der Waals surface area contributed by atoms with Gasteiger partial charge in [-0.2, -0.15) is 0 Å².